The molecule has 0 unspecified atom stereocenters. The van der Waals surface area contributed by atoms with Crippen LogP contribution in [0.15, 0.2) is 53.7 Å². The van der Waals surface area contributed by atoms with Crippen molar-refractivity contribution in [3.8, 4) is 11.3 Å². The summed E-state index contributed by atoms with van der Waals surface area (Å²) in [5.74, 6) is -1.78. The van der Waals surface area contributed by atoms with E-state index in [2.05, 4.69) is 20.1 Å². The van der Waals surface area contributed by atoms with Crippen LogP contribution in [0.25, 0.3) is 27.1 Å². The zero-order valence-corrected chi connectivity index (χ0v) is 21.4. The van der Waals surface area contributed by atoms with E-state index in [1.165, 1.54) is 18.3 Å². The molecule has 2 N–H and O–H groups in total. The SMILES string of the molecule is [C-]#[N+]c1cc(F)c(N[C@H](CO)C(C)(C)C)nc1-c1cn(S(=O)(=O)c2ccc(C)cc2)c2ncc(F)cc12. The lowest BCUT2D eigenvalue weighted by Gasteiger charge is -2.30. The Morgan fingerprint density at radius 2 is 1.86 bits per heavy atom. The predicted molar refractivity (Wildman–Crippen MR) is 137 cm³/mol. The topological polar surface area (TPSA) is 101 Å². The average Bonchev–Trinajstić information content (AvgIpc) is 3.21. The van der Waals surface area contributed by atoms with Crippen molar-refractivity contribution < 1.29 is 22.3 Å². The van der Waals surface area contributed by atoms with Gasteiger partial charge in [-0.2, -0.15) is 0 Å². The second-order valence-electron chi connectivity index (χ2n) is 9.73. The molecule has 1 aromatic carbocycles. The van der Waals surface area contributed by atoms with Gasteiger partial charge in [0.2, 0.25) is 5.69 Å². The van der Waals surface area contributed by atoms with E-state index in [1.54, 1.807) is 12.1 Å². The molecule has 8 nitrogen and oxygen atoms in total. The van der Waals surface area contributed by atoms with Gasteiger partial charge in [0.1, 0.15) is 5.82 Å². The van der Waals surface area contributed by atoms with Crippen LogP contribution in [-0.4, -0.2) is 40.1 Å². The molecule has 0 saturated carbocycles. The Morgan fingerprint density at radius 1 is 1.19 bits per heavy atom. The molecule has 192 valence electrons. The number of hydrogen-bond acceptors (Lipinski definition) is 6. The number of fused-ring (bicyclic) bond motifs is 1. The van der Waals surface area contributed by atoms with Crippen molar-refractivity contribution in [1.82, 2.24) is 13.9 Å². The standard InChI is InChI=1S/C26H25F2N5O3S/c1-15-6-8-17(9-7-15)37(35,36)33-13-19(18-10-16(27)12-30-25(18)33)23-21(29-5)11-20(28)24(32-23)31-22(14-34)26(2,3)4/h6-13,22,34H,14H2,1-4H3,(H,31,32)/t22-/m1/s1. The Balaban J connectivity index is 1.97. The second-order valence-corrected chi connectivity index (χ2v) is 11.5. The lowest BCUT2D eigenvalue weighted by molar-refractivity contribution is 0.201. The normalized spacial score (nSPS) is 12.9. The molecule has 3 aromatic heterocycles. The molecule has 4 aromatic rings. The van der Waals surface area contributed by atoms with Gasteiger partial charge in [-0.25, -0.2) is 36.0 Å². The fraction of sp³-hybridized carbons (Fsp3) is 0.269. The van der Waals surface area contributed by atoms with E-state index < -0.39 is 33.1 Å². The third-order valence-corrected chi connectivity index (χ3v) is 7.69. The number of benzene rings is 1. The van der Waals surface area contributed by atoms with E-state index >= 15 is 0 Å². The van der Waals surface area contributed by atoms with Gasteiger partial charge in [-0.3, -0.25) is 0 Å². The van der Waals surface area contributed by atoms with E-state index in [-0.39, 0.29) is 45.3 Å². The van der Waals surface area contributed by atoms with Crippen LogP contribution in [0, 0.1) is 30.5 Å². The van der Waals surface area contributed by atoms with Crippen LogP contribution in [0.2, 0.25) is 0 Å². The number of aryl methyl sites for hydroxylation is 1. The minimum absolute atomic E-state index is 0.0107. The molecule has 0 aliphatic carbocycles. The summed E-state index contributed by atoms with van der Waals surface area (Å²) in [5.41, 5.74) is 0.160. The van der Waals surface area contributed by atoms with E-state index in [0.29, 0.717) is 0 Å². The summed E-state index contributed by atoms with van der Waals surface area (Å²) in [6, 6.07) is 7.68. The fourth-order valence-corrected chi connectivity index (χ4v) is 5.14. The number of aliphatic hydroxyl groups is 1. The second kappa shape index (κ2) is 9.53. The van der Waals surface area contributed by atoms with Crippen LogP contribution in [0.3, 0.4) is 0 Å². The number of aromatic nitrogens is 3. The zero-order valence-electron chi connectivity index (χ0n) is 20.6. The third kappa shape index (κ3) is 4.90. The molecule has 0 saturated heterocycles. The molecule has 0 aliphatic heterocycles. The highest BCUT2D eigenvalue weighted by Gasteiger charge is 2.28. The largest absolute Gasteiger partial charge is 0.394 e. The number of pyridine rings is 2. The maximum atomic E-state index is 14.9. The monoisotopic (exact) mass is 525 g/mol. The van der Waals surface area contributed by atoms with Gasteiger partial charge in [0.05, 0.1) is 36.0 Å². The molecule has 11 heteroatoms. The summed E-state index contributed by atoms with van der Waals surface area (Å²) < 4.78 is 57.1. The first-order valence-electron chi connectivity index (χ1n) is 11.3. The van der Waals surface area contributed by atoms with Crippen molar-refractivity contribution in [2.75, 3.05) is 11.9 Å². The van der Waals surface area contributed by atoms with E-state index in [1.807, 2.05) is 27.7 Å². The quantitative estimate of drug-likeness (QED) is 0.332. The van der Waals surface area contributed by atoms with Gasteiger partial charge in [0.15, 0.2) is 17.3 Å². The van der Waals surface area contributed by atoms with Crippen LogP contribution < -0.4 is 5.32 Å². The first-order chi connectivity index (χ1) is 17.4. The molecule has 37 heavy (non-hydrogen) atoms. The average molecular weight is 526 g/mol. The predicted octanol–water partition coefficient (Wildman–Crippen LogP) is 5.29. The van der Waals surface area contributed by atoms with E-state index in [9.17, 15) is 22.3 Å². The molecule has 0 bridgehead atoms. The maximum Gasteiger partial charge on any atom is 0.269 e. The minimum atomic E-state index is -4.16. The fourth-order valence-electron chi connectivity index (χ4n) is 3.81. The highest BCUT2D eigenvalue weighted by molar-refractivity contribution is 7.90. The number of rotatable bonds is 6. The number of nitrogens with one attached hydrogen (secondary N) is 1. The highest BCUT2D eigenvalue weighted by atomic mass is 32.2. The van der Waals surface area contributed by atoms with Crippen molar-refractivity contribution in [2.45, 2.75) is 38.6 Å². The van der Waals surface area contributed by atoms with Crippen LogP contribution in [0.4, 0.5) is 20.3 Å². The summed E-state index contributed by atoms with van der Waals surface area (Å²) in [6.45, 7) is 14.6. The van der Waals surface area contributed by atoms with Gasteiger partial charge < -0.3 is 10.4 Å². The first-order valence-corrected chi connectivity index (χ1v) is 12.8. The van der Waals surface area contributed by atoms with Gasteiger partial charge in [-0.15, -0.1) is 0 Å². The number of anilines is 1. The maximum absolute atomic E-state index is 14.9. The smallest absolute Gasteiger partial charge is 0.269 e. The Bertz CT molecular complexity index is 1640. The molecule has 0 aliphatic rings. The molecule has 0 amide bonds. The minimum Gasteiger partial charge on any atom is -0.394 e. The molecule has 0 spiro atoms. The molecule has 0 radical (unpaired) electrons. The highest BCUT2D eigenvalue weighted by Crippen LogP contribution is 2.38. The summed E-state index contributed by atoms with van der Waals surface area (Å²) in [6.07, 6.45) is 2.10. The van der Waals surface area contributed by atoms with Crippen molar-refractivity contribution >= 4 is 32.6 Å². The van der Waals surface area contributed by atoms with Gasteiger partial charge in [-0.05, 0) is 36.6 Å². The van der Waals surface area contributed by atoms with Gasteiger partial charge in [0, 0.05) is 17.1 Å². The Hall–Kier alpha value is -3.88. The summed E-state index contributed by atoms with van der Waals surface area (Å²) >= 11 is 0. The summed E-state index contributed by atoms with van der Waals surface area (Å²) in [4.78, 5) is 11.7. The number of nitrogens with zero attached hydrogens (tertiary/aromatic N) is 4. The van der Waals surface area contributed by atoms with Crippen molar-refractivity contribution in [3.63, 3.8) is 0 Å². The van der Waals surface area contributed by atoms with Crippen LogP contribution >= 0.6 is 0 Å². The van der Waals surface area contributed by atoms with Crippen molar-refractivity contribution in [3.05, 3.63) is 77.4 Å². The van der Waals surface area contributed by atoms with Crippen LogP contribution in [0.1, 0.15) is 26.3 Å². The molecule has 4 rings (SSSR count). The zero-order chi connectivity index (χ0) is 27.1. The van der Waals surface area contributed by atoms with Crippen LogP contribution in [-0.2, 0) is 10.0 Å². The number of aliphatic hydroxyl groups excluding tert-OH is 1. The Kier molecular flexibility index (Phi) is 6.75. The third-order valence-electron chi connectivity index (χ3n) is 6.03. The van der Waals surface area contributed by atoms with Gasteiger partial charge in [-0.1, -0.05) is 38.5 Å². The van der Waals surface area contributed by atoms with Gasteiger partial charge in [0.25, 0.3) is 10.0 Å². The molecule has 1 atom stereocenters. The summed E-state index contributed by atoms with van der Waals surface area (Å²) in [5, 5.41) is 12.8. The van der Waals surface area contributed by atoms with Crippen molar-refractivity contribution in [2.24, 2.45) is 5.41 Å². The van der Waals surface area contributed by atoms with E-state index in [4.69, 9.17) is 6.57 Å². The Morgan fingerprint density at radius 3 is 2.46 bits per heavy atom. The summed E-state index contributed by atoms with van der Waals surface area (Å²) in [7, 11) is -4.16. The molecule has 0 fully saturated rings. The van der Waals surface area contributed by atoms with Crippen LogP contribution in [0.5, 0.6) is 0 Å². The lowest BCUT2D eigenvalue weighted by atomic mass is 9.87. The number of hydrogen-bond donors (Lipinski definition) is 2. The van der Waals surface area contributed by atoms with E-state index in [0.717, 1.165) is 27.9 Å². The van der Waals surface area contributed by atoms with Crippen molar-refractivity contribution in [1.29, 1.82) is 0 Å². The lowest BCUT2D eigenvalue weighted by Crippen LogP contribution is -2.37. The number of halogens is 2. The Labute approximate surface area is 213 Å². The molecular weight excluding hydrogens is 500 g/mol. The van der Waals surface area contributed by atoms with Gasteiger partial charge >= 0.3 is 0 Å². The molecule has 3 heterocycles. The first kappa shape index (κ1) is 26.2. The molecular formula is C26H25F2N5O3S.